The Hall–Kier alpha value is -0.740. The number of nitrogens with zero attached hydrogens (tertiary/aromatic N) is 1. The van der Waals surface area contributed by atoms with Gasteiger partial charge in [-0.25, -0.2) is 13.1 Å². The molecule has 0 saturated heterocycles. The monoisotopic (exact) mass is 340 g/mol. The summed E-state index contributed by atoms with van der Waals surface area (Å²) in [7, 11) is -3.85. The van der Waals surface area contributed by atoms with Crippen LogP contribution in [0.2, 0.25) is 4.34 Å². The Morgan fingerprint density at radius 3 is 2.80 bits per heavy atom. The van der Waals surface area contributed by atoms with E-state index in [2.05, 4.69) is 4.72 Å². The fourth-order valence-electron chi connectivity index (χ4n) is 2.26. The van der Waals surface area contributed by atoms with Crippen LogP contribution in [0.5, 0.6) is 0 Å². The topological polar surface area (TPSA) is 110 Å². The van der Waals surface area contributed by atoms with Crippen molar-refractivity contribution < 1.29 is 18.4 Å². The van der Waals surface area contributed by atoms with Gasteiger partial charge >= 0.3 is 0 Å². The average Bonchev–Trinajstić information content (AvgIpc) is 2.95. The van der Waals surface area contributed by atoms with Crippen LogP contribution in [-0.2, 0) is 10.0 Å². The van der Waals surface area contributed by atoms with Crippen molar-refractivity contribution in [3.63, 3.8) is 0 Å². The minimum absolute atomic E-state index is 0.0848. The SMILES string of the molecule is O=[N+]([O-])c1cc(S(=O)(=O)NC2CCCC2CO)sc1Cl. The summed E-state index contributed by atoms with van der Waals surface area (Å²) >= 11 is 6.32. The van der Waals surface area contributed by atoms with E-state index in [9.17, 15) is 23.6 Å². The van der Waals surface area contributed by atoms with Crippen molar-refractivity contribution in [2.45, 2.75) is 29.5 Å². The Bertz CT molecular complexity index is 615. The maximum absolute atomic E-state index is 12.2. The Morgan fingerprint density at radius 2 is 2.25 bits per heavy atom. The molecule has 0 aromatic carbocycles. The molecular weight excluding hydrogens is 328 g/mol. The number of aliphatic hydroxyl groups is 1. The number of nitrogens with one attached hydrogen (secondary N) is 1. The van der Waals surface area contributed by atoms with Gasteiger partial charge in [-0.3, -0.25) is 10.1 Å². The molecule has 20 heavy (non-hydrogen) atoms. The summed E-state index contributed by atoms with van der Waals surface area (Å²) in [6.07, 6.45) is 2.24. The molecule has 1 aromatic heterocycles. The van der Waals surface area contributed by atoms with Gasteiger partial charge in [0.15, 0.2) is 4.34 Å². The highest BCUT2D eigenvalue weighted by atomic mass is 35.5. The second-order valence-electron chi connectivity index (χ2n) is 4.58. The maximum Gasteiger partial charge on any atom is 0.300 e. The van der Waals surface area contributed by atoms with Crippen LogP contribution in [0.25, 0.3) is 0 Å². The van der Waals surface area contributed by atoms with E-state index in [1.54, 1.807) is 0 Å². The quantitative estimate of drug-likeness (QED) is 0.626. The van der Waals surface area contributed by atoms with Crippen LogP contribution in [0.4, 0.5) is 5.69 Å². The summed E-state index contributed by atoms with van der Waals surface area (Å²) in [6, 6.07) is 0.614. The Kier molecular flexibility index (Phi) is 4.65. The zero-order chi connectivity index (χ0) is 14.9. The van der Waals surface area contributed by atoms with Crippen LogP contribution in [-0.4, -0.2) is 31.1 Å². The van der Waals surface area contributed by atoms with Gasteiger partial charge in [0.25, 0.3) is 15.7 Å². The molecule has 112 valence electrons. The third-order valence-electron chi connectivity index (χ3n) is 3.31. The first-order chi connectivity index (χ1) is 9.35. The smallest absolute Gasteiger partial charge is 0.300 e. The number of nitro groups is 1. The van der Waals surface area contributed by atoms with Crippen LogP contribution in [0.3, 0.4) is 0 Å². The molecule has 1 saturated carbocycles. The third kappa shape index (κ3) is 3.12. The summed E-state index contributed by atoms with van der Waals surface area (Å²) in [5.74, 6) is -0.116. The molecule has 0 aliphatic heterocycles. The Balaban J connectivity index is 2.22. The zero-order valence-corrected chi connectivity index (χ0v) is 12.7. The largest absolute Gasteiger partial charge is 0.396 e. The van der Waals surface area contributed by atoms with Gasteiger partial charge in [0.1, 0.15) is 4.21 Å². The van der Waals surface area contributed by atoms with Crippen LogP contribution >= 0.6 is 22.9 Å². The van der Waals surface area contributed by atoms with E-state index in [1.165, 1.54) is 0 Å². The standard InChI is InChI=1S/C10H13ClN2O5S2/c11-10-8(13(15)16)4-9(19-10)20(17,18)12-7-3-1-2-6(7)5-14/h4,6-7,12,14H,1-3,5H2. The molecule has 0 bridgehead atoms. The lowest BCUT2D eigenvalue weighted by atomic mass is 10.1. The van der Waals surface area contributed by atoms with Crippen molar-refractivity contribution in [3.8, 4) is 0 Å². The highest BCUT2D eigenvalue weighted by Gasteiger charge is 2.33. The van der Waals surface area contributed by atoms with Crippen LogP contribution in [0.1, 0.15) is 19.3 Å². The predicted molar refractivity (Wildman–Crippen MR) is 74.5 cm³/mol. The second-order valence-corrected chi connectivity index (χ2v) is 8.18. The Morgan fingerprint density at radius 1 is 1.55 bits per heavy atom. The van der Waals surface area contributed by atoms with Gasteiger partial charge in [-0.1, -0.05) is 18.0 Å². The number of aliphatic hydroxyl groups excluding tert-OH is 1. The van der Waals surface area contributed by atoms with Gasteiger partial charge in [-0.2, -0.15) is 0 Å². The van der Waals surface area contributed by atoms with E-state index in [0.717, 1.165) is 18.9 Å². The molecule has 1 fully saturated rings. The first kappa shape index (κ1) is 15.6. The van der Waals surface area contributed by atoms with Gasteiger partial charge in [0, 0.05) is 18.7 Å². The number of halogens is 1. The number of thiophene rings is 1. The number of hydrogen-bond donors (Lipinski definition) is 2. The molecule has 0 amide bonds. The molecule has 0 spiro atoms. The molecule has 1 aromatic rings. The van der Waals surface area contributed by atoms with Crippen molar-refractivity contribution in [2.75, 3.05) is 6.61 Å². The second kappa shape index (κ2) is 5.94. The molecule has 1 aliphatic carbocycles. The van der Waals surface area contributed by atoms with Gasteiger partial charge in [0.05, 0.1) is 4.92 Å². The number of rotatable bonds is 5. The van der Waals surface area contributed by atoms with Crippen molar-refractivity contribution >= 4 is 38.6 Å². The van der Waals surface area contributed by atoms with Crippen LogP contribution in [0, 0.1) is 16.0 Å². The summed E-state index contributed by atoms with van der Waals surface area (Å²) in [5.41, 5.74) is -0.415. The van der Waals surface area contributed by atoms with E-state index in [0.29, 0.717) is 17.8 Å². The predicted octanol–water partition coefficient (Wildman–Crippen LogP) is 1.75. The minimum atomic E-state index is -3.85. The normalized spacial score (nSPS) is 23.1. The first-order valence-corrected chi connectivity index (χ1v) is 8.60. The molecule has 7 nitrogen and oxygen atoms in total. The zero-order valence-electron chi connectivity index (χ0n) is 10.3. The summed E-state index contributed by atoms with van der Waals surface area (Å²) in [6.45, 7) is -0.0848. The van der Waals surface area contributed by atoms with Crippen molar-refractivity contribution in [3.05, 3.63) is 20.5 Å². The highest BCUT2D eigenvalue weighted by Crippen LogP contribution is 2.37. The molecule has 0 radical (unpaired) electrons. The molecule has 10 heteroatoms. The fraction of sp³-hybridized carbons (Fsp3) is 0.600. The highest BCUT2D eigenvalue weighted by molar-refractivity contribution is 7.91. The summed E-state index contributed by atoms with van der Waals surface area (Å²) < 4.78 is 26.5. The average molecular weight is 341 g/mol. The van der Waals surface area contributed by atoms with Crippen molar-refractivity contribution in [1.29, 1.82) is 0 Å². The molecule has 1 heterocycles. The van der Waals surface area contributed by atoms with Crippen LogP contribution in [0.15, 0.2) is 10.3 Å². The van der Waals surface area contributed by atoms with Gasteiger partial charge in [0.2, 0.25) is 0 Å². The Labute approximate surface area is 124 Å². The third-order valence-corrected chi connectivity index (χ3v) is 6.61. The lowest BCUT2D eigenvalue weighted by molar-refractivity contribution is -0.384. The van der Waals surface area contributed by atoms with Gasteiger partial charge < -0.3 is 5.11 Å². The van der Waals surface area contributed by atoms with Crippen LogP contribution < -0.4 is 4.72 Å². The van der Waals surface area contributed by atoms with Gasteiger partial charge in [-0.15, -0.1) is 11.3 Å². The molecule has 2 atom stereocenters. The number of hydrogen-bond acceptors (Lipinski definition) is 6. The van der Waals surface area contributed by atoms with Crippen molar-refractivity contribution in [2.24, 2.45) is 5.92 Å². The lowest BCUT2D eigenvalue weighted by Crippen LogP contribution is -2.38. The summed E-state index contributed by atoms with van der Waals surface area (Å²) in [5, 5.41) is 19.9. The molecule has 2 rings (SSSR count). The van der Waals surface area contributed by atoms with E-state index < -0.39 is 20.6 Å². The molecule has 2 N–H and O–H groups in total. The first-order valence-electron chi connectivity index (χ1n) is 5.92. The van der Waals surface area contributed by atoms with Crippen molar-refractivity contribution in [1.82, 2.24) is 4.72 Å². The number of sulfonamides is 1. The van der Waals surface area contributed by atoms with E-state index in [4.69, 9.17) is 11.6 Å². The molecular formula is C10H13ClN2O5S2. The van der Waals surface area contributed by atoms with E-state index in [-0.39, 0.29) is 27.1 Å². The molecule has 1 aliphatic rings. The maximum atomic E-state index is 12.2. The van der Waals surface area contributed by atoms with E-state index >= 15 is 0 Å². The summed E-state index contributed by atoms with van der Waals surface area (Å²) in [4.78, 5) is 9.97. The lowest BCUT2D eigenvalue weighted by Gasteiger charge is -2.18. The minimum Gasteiger partial charge on any atom is -0.396 e. The van der Waals surface area contributed by atoms with E-state index in [1.807, 2.05) is 0 Å². The van der Waals surface area contributed by atoms with Gasteiger partial charge in [-0.05, 0) is 18.8 Å². The fourth-order valence-corrected chi connectivity index (χ4v) is 5.28. The molecule has 2 unspecified atom stereocenters.